The van der Waals surface area contributed by atoms with Crippen LogP contribution in [0, 0.1) is 5.41 Å². The molecule has 0 aromatic carbocycles. The summed E-state index contributed by atoms with van der Waals surface area (Å²) in [5, 5.41) is 15.7. The molecule has 4 heterocycles. The van der Waals surface area contributed by atoms with Crippen molar-refractivity contribution in [1.82, 2.24) is 30.0 Å². The van der Waals surface area contributed by atoms with Gasteiger partial charge in [0, 0.05) is 12.4 Å². The van der Waals surface area contributed by atoms with Gasteiger partial charge in [-0.2, -0.15) is 5.10 Å². The van der Waals surface area contributed by atoms with Gasteiger partial charge in [-0.15, -0.1) is 0 Å². The second kappa shape index (κ2) is 7.55. The zero-order valence-corrected chi connectivity index (χ0v) is 16.8. The average Bonchev–Trinajstić information content (AvgIpc) is 3.16. The van der Waals surface area contributed by atoms with Gasteiger partial charge >= 0.3 is 0 Å². The molecule has 0 radical (unpaired) electrons. The van der Waals surface area contributed by atoms with Crippen LogP contribution >= 0.6 is 0 Å². The van der Waals surface area contributed by atoms with E-state index in [0.717, 1.165) is 24.8 Å². The molecule has 31 heavy (non-hydrogen) atoms. The van der Waals surface area contributed by atoms with Crippen LogP contribution in [-0.4, -0.2) is 49.7 Å². The standard InChI is InChI=1S/C21H22N8O2/c22-18-9-25-17(8-26-18)16-3-2-14(7-24-16)21(4-1-5-21)20(23)28-19(30)13-6-27-29(10-13)15-11-31-12-15/h2-3,6-10,15H,1,4-5,11-12H2,(H2,22,26)(H2,23,28,30). The monoisotopic (exact) mass is 418 g/mol. The number of carbonyl (C=O) groups is 1. The number of nitrogens with zero attached hydrogens (tertiary/aromatic N) is 5. The second-order valence-corrected chi connectivity index (χ2v) is 7.92. The van der Waals surface area contributed by atoms with Crippen molar-refractivity contribution in [2.24, 2.45) is 0 Å². The summed E-state index contributed by atoms with van der Waals surface area (Å²) in [4.78, 5) is 25.5. The van der Waals surface area contributed by atoms with Gasteiger partial charge in [0.1, 0.15) is 17.3 Å². The quantitative estimate of drug-likeness (QED) is 0.422. The lowest BCUT2D eigenvalue weighted by atomic mass is 9.64. The Bertz CT molecular complexity index is 1120. The van der Waals surface area contributed by atoms with Crippen LogP contribution in [0.2, 0.25) is 0 Å². The molecule has 2 aliphatic rings. The van der Waals surface area contributed by atoms with Crippen LogP contribution in [0.4, 0.5) is 5.82 Å². The van der Waals surface area contributed by atoms with E-state index in [1.54, 1.807) is 23.3 Å². The molecule has 0 atom stereocenters. The van der Waals surface area contributed by atoms with E-state index in [0.29, 0.717) is 36.0 Å². The van der Waals surface area contributed by atoms with Crippen LogP contribution in [0.1, 0.15) is 41.2 Å². The van der Waals surface area contributed by atoms with Gasteiger partial charge in [-0.05, 0) is 24.5 Å². The van der Waals surface area contributed by atoms with Gasteiger partial charge in [0.25, 0.3) is 5.91 Å². The number of hydrogen-bond acceptors (Lipinski definition) is 8. The van der Waals surface area contributed by atoms with Crippen molar-refractivity contribution in [2.75, 3.05) is 18.9 Å². The number of amides is 1. The number of nitrogens with one attached hydrogen (secondary N) is 2. The Hall–Kier alpha value is -3.66. The molecule has 0 unspecified atom stereocenters. The Labute approximate surface area is 178 Å². The number of ether oxygens (including phenoxy) is 1. The normalized spacial score (nSPS) is 17.4. The molecule has 10 heteroatoms. The Morgan fingerprint density at radius 1 is 1.13 bits per heavy atom. The summed E-state index contributed by atoms with van der Waals surface area (Å²) in [6, 6.07) is 3.97. The first-order valence-electron chi connectivity index (χ1n) is 10.1. The maximum Gasteiger partial charge on any atom is 0.259 e. The molecule has 5 rings (SSSR count). The van der Waals surface area contributed by atoms with Crippen molar-refractivity contribution < 1.29 is 9.53 Å². The van der Waals surface area contributed by atoms with E-state index < -0.39 is 5.41 Å². The van der Waals surface area contributed by atoms with Crippen LogP contribution in [-0.2, 0) is 10.2 Å². The molecule has 1 saturated carbocycles. The van der Waals surface area contributed by atoms with E-state index >= 15 is 0 Å². The fourth-order valence-electron chi connectivity index (χ4n) is 3.85. The first-order valence-corrected chi connectivity index (χ1v) is 10.1. The summed E-state index contributed by atoms with van der Waals surface area (Å²) in [5.41, 5.74) is 7.69. The smallest absolute Gasteiger partial charge is 0.259 e. The zero-order chi connectivity index (χ0) is 21.4. The Balaban J connectivity index is 1.31. The van der Waals surface area contributed by atoms with Crippen molar-refractivity contribution >= 4 is 17.6 Å². The van der Waals surface area contributed by atoms with E-state index in [4.69, 9.17) is 15.9 Å². The van der Waals surface area contributed by atoms with E-state index in [2.05, 4.69) is 25.4 Å². The molecule has 1 aliphatic carbocycles. The first kappa shape index (κ1) is 19.3. The number of nitrogens with two attached hydrogens (primary N) is 1. The number of carbonyl (C=O) groups excluding carboxylic acids is 1. The van der Waals surface area contributed by atoms with Gasteiger partial charge in [0.05, 0.1) is 54.5 Å². The first-order chi connectivity index (χ1) is 15.0. The van der Waals surface area contributed by atoms with Gasteiger partial charge in [0.2, 0.25) is 0 Å². The average molecular weight is 418 g/mol. The second-order valence-electron chi connectivity index (χ2n) is 7.92. The minimum atomic E-state index is -0.536. The lowest BCUT2D eigenvalue weighted by molar-refractivity contribution is -0.0286. The summed E-state index contributed by atoms with van der Waals surface area (Å²) in [6.45, 7) is 1.21. The Kier molecular flexibility index (Phi) is 4.70. The van der Waals surface area contributed by atoms with Gasteiger partial charge < -0.3 is 15.8 Å². The molecule has 1 aliphatic heterocycles. The van der Waals surface area contributed by atoms with Crippen LogP contribution < -0.4 is 11.1 Å². The third-order valence-electron chi connectivity index (χ3n) is 6.03. The predicted octanol–water partition coefficient (Wildman–Crippen LogP) is 1.72. The van der Waals surface area contributed by atoms with Crippen LogP contribution in [0.25, 0.3) is 11.4 Å². The summed E-state index contributed by atoms with van der Waals surface area (Å²) in [5.74, 6) is 0.208. The van der Waals surface area contributed by atoms with Gasteiger partial charge in [-0.3, -0.25) is 19.9 Å². The molecule has 3 aromatic rings. The molecular weight excluding hydrogens is 396 g/mol. The van der Waals surface area contributed by atoms with Crippen molar-refractivity contribution in [3.05, 3.63) is 54.2 Å². The van der Waals surface area contributed by atoms with Crippen molar-refractivity contribution in [3.8, 4) is 11.4 Å². The fraction of sp³-hybridized carbons (Fsp3) is 0.333. The molecule has 4 N–H and O–H groups in total. The van der Waals surface area contributed by atoms with E-state index in [-0.39, 0.29) is 17.8 Å². The SMILES string of the molecule is N=C(NC(=O)c1cnn(C2COC2)c1)C1(c2ccc(-c3cnc(N)cn3)nc2)CCC1. The topological polar surface area (TPSA) is 145 Å². The molecule has 0 spiro atoms. The highest BCUT2D eigenvalue weighted by Crippen LogP contribution is 2.44. The molecular formula is C21H22N8O2. The van der Waals surface area contributed by atoms with E-state index in [1.165, 1.54) is 12.4 Å². The lowest BCUT2D eigenvalue weighted by Crippen LogP contribution is -2.50. The van der Waals surface area contributed by atoms with Crippen LogP contribution in [0.3, 0.4) is 0 Å². The molecule has 10 nitrogen and oxygen atoms in total. The third-order valence-corrected chi connectivity index (χ3v) is 6.03. The molecule has 1 saturated heterocycles. The predicted molar refractivity (Wildman–Crippen MR) is 112 cm³/mol. The highest BCUT2D eigenvalue weighted by molar-refractivity contribution is 6.08. The summed E-state index contributed by atoms with van der Waals surface area (Å²) < 4.78 is 6.91. The number of anilines is 1. The largest absolute Gasteiger partial charge is 0.382 e. The van der Waals surface area contributed by atoms with Crippen LogP contribution in [0.15, 0.2) is 43.1 Å². The van der Waals surface area contributed by atoms with Gasteiger partial charge in [-0.25, -0.2) is 9.97 Å². The van der Waals surface area contributed by atoms with Gasteiger partial charge in [0.15, 0.2) is 0 Å². The third kappa shape index (κ3) is 3.44. The maximum absolute atomic E-state index is 12.7. The molecule has 0 bridgehead atoms. The molecule has 3 aromatic heterocycles. The van der Waals surface area contributed by atoms with E-state index in [1.807, 2.05) is 12.1 Å². The number of hydrogen-bond donors (Lipinski definition) is 3. The lowest BCUT2D eigenvalue weighted by Gasteiger charge is -2.42. The van der Waals surface area contributed by atoms with Crippen molar-refractivity contribution in [2.45, 2.75) is 30.7 Å². The summed E-state index contributed by atoms with van der Waals surface area (Å²) in [6.07, 6.45) is 10.6. The number of aromatic nitrogens is 5. The Morgan fingerprint density at radius 3 is 2.52 bits per heavy atom. The summed E-state index contributed by atoms with van der Waals surface area (Å²) >= 11 is 0. The minimum Gasteiger partial charge on any atom is -0.382 e. The van der Waals surface area contributed by atoms with Crippen molar-refractivity contribution in [1.29, 1.82) is 5.41 Å². The summed E-state index contributed by atoms with van der Waals surface area (Å²) in [7, 11) is 0. The highest BCUT2D eigenvalue weighted by Gasteiger charge is 2.44. The Morgan fingerprint density at radius 2 is 1.94 bits per heavy atom. The number of amidine groups is 1. The molecule has 2 fully saturated rings. The van der Waals surface area contributed by atoms with Gasteiger partial charge in [-0.1, -0.05) is 12.5 Å². The minimum absolute atomic E-state index is 0.175. The van der Waals surface area contributed by atoms with Crippen molar-refractivity contribution in [3.63, 3.8) is 0 Å². The molecule has 1 amide bonds. The number of rotatable bonds is 5. The number of pyridine rings is 1. The number of nitrogen functional groups attached to an aromatic ring is 1. The fourth-order valence-corrected chi connectivity index (χ4v) is 3.85. The zero-order valence-electron chi connectivity index (χ0n) is 16.8. The highest BCUT2D eigenvalue weighted by atomic mass is 16.5. The van der Waals surface area contributed by atoms with Crippen LogP contribution in [0.5, 0.6) is 0 Å². The maximum atomic E-state index is 12.7. The van der Waals surface area contributed by atoms with E-state index in [9.17, 15) is 4.79 Å². The molecule has 158 valence electrons.